The van der Waals surface area contributed by atoms with Crippen molar-refractivity contribution in [1.82, 2.24) is 5.32 Å². The minimum atomic E-state index is -0.703. The van der Waals surface area contributed by atoms with E-state index in [-0.39, 0.29) is 11.7 Å². The number of hydrazone groups is 1. The summed E-state index contributed by atoms with van der Waals surface area (Å²) in [6, 6.07) is 16.9. The van der Waals surface area contributed by atoms with Crippen LogP contribution in [0.3, 0.4) is 0 Å². The van der Waals surface area contributed by atoms with E-state index in [0.29, 0.717) is 24.1 Å². The molecule has 0 fully saturated rings. The number of nitrogens with zero attached hydrogens (tertiary/aromatic N) is 2. The molecule has 7 heteroatoms. The monoisotopic (exact) mass is 398 g/mol. The molecule has 0 radical (unpaired) electrons. The second kappa shape index (κ2) is 9.28. The predicted octanol–water partition coefficient (Wildman–Crippen LogP) is 3.63. The highest BCUT2D eigenvalue weighted by atomic mass is 35.5. The van der Waals surface area contributed by atoms with Crippen molar-refractivity contribution in [1.29, 1.82) is 0 Å². The van der Waals surface area contributed by atoms with Crippen molar-refractivity contribution in [2.45, 2.75) is 19.9 Å². The number of carbonyl (C=O) groups is 1. The van der Waals surface area contributed by atoms with Crippen molar-refractivity contribution in [3.05, 3.63) is 77.1 Å². The van der Waals surface area contributed by atoms with E-state index >= 15 is 0 Å². The first kappa shape index (κ1) is 19.8. The Morgan fingerprint density at radius 2 is 2.04 bits per heavy atom. The van der Waals surface area contributed by atoms with Gasteiger partial charge in [0, 0.05) is 11.6 Å². The lowest BCUT2D eigenvalue weighted by Crippen LogP contribution is -2.42. The highest BCUT2D eigenvalue weighted by molar-refractivity contribution is 6.30. The molecule has 1 heterocycles. The molecule has 2 aromatic carbocycles. The Balaban J connectivity index is 1.76. The first-order valence-corrected chi connectivity index (χ1v) is 9.52. The molecule has 1 aliphatic rings. The summed E-state index contributed by atoms with van der Waals surface area (Å²) in [6.45, 7) is 2.88. The van der Waals surface area contributed by atoms with Crippen LogP contribution in [0.15, 0.2) is 71.7 Å². The van der Waals surface area contributed by atoms with Crippen molar-refractivity contribution < 1.29 is 9.53 Å². The van der Waals surface area contributed by atoms with E-state index in [1.54, 1.807) is 17.2 Å². The largest absolute Gasteiger partial charge is 0.478 e. The van der Waals surface area contributed by atoms with Crippen LogP contribution >= 0.6 is 11.6 Å². The van der Waals surface area contributed by atoms with Crippen LogP contribution in [0, 0.1) is 5.92 Å². The summed E-state index contributed by atoms with van der Waals surface area (Å²) in [5.74, 6) is -0.251. The number of amidine groups is 1. The number of rotatable bonds is 7. The molecule has 28 heavy (non-hydrogen) atoms. The molecule has 1 atom stereocenters. The topological polar surface area (TPSA) is 79.9 Å². The van der Waals surface area contributed by atoms with Gasteiger partial charge < -0.3 is 15.8 Å². The molecule has 0 aromatic heterocycles. The Labute approximate surface area is 169 Å². The molecule has 3 N–H and O–H groups in total. The minimum Gasteiger partial charge on any atom is -0.478 e. The first-order valence-electron chi connectivity index (χ1n) is 9.14. The van der Waals surface area contributed by atoms with Crippen LogP contribution in [0.2, 0.25) is 5.02 Å². The van der Waals surface area contributed by atoms with Gasteiger partial charge >= 0.3 is 0 Å². The van der Waals surface area contributed by atoms with Crippen molar-refractivity contribution in [2.75, 3.05) is 11.6 Å². The number of nitrogens with two attached hydrogens (primary N) is 1. The number of halogens is 1. The molecule has 0 saturated heterocycles. The minimum absolute atomic E-state index is 0.205. The van der Waals surface area contributed by atoms with Gasteiger partial charge in [0.2, 0.25) is 11.8 Å². The van der Waals surface area contributed by atoms with Gasteiger partial charge in [0.15, 0.2) is 0 Å². The lowest BCUT2D eigenvalue weighted by atomic mass is 10.1. The van der Waals surface area contributed by atoms with E-state index in [4.69, 9.17) is 22.1 Å². The maximum atomic E-state index is 12.7. The smallest absolute Gasteiger partial charge is 0.235 e. The molecule has 0 aliphatic carbocycles. The molecule has 1 unspecified atom stereocenters. The number of para-hydroxylation sites is 1. The van der Waals surface area contributed by atoms with Gasteiger partial charge in [-0.3, -0.25) is 4.79 Å². The molecule has 0 saturated carbocycles. The van der Waals surface area contributed by atoms with Gasteiger partial charge in [-0.15, -0.1) is 0 Å². The van der Waals surface area contributed by atoms with Crippen LogP contribution in [0.25, 0.3) is 0 Å². The van der Waals surface area contributed by atoms with Crippen LogP contribution in [0.4, 0.5) is 5.69 Å². The molecular formula is C21H23ClN4O2. The molecule has 1 amide bonds. The zero-order valence-corrected chi connectivity index (χ0v) is 16.4. The fourth-order valence-corrected chi connectivity index (χ4v) is 2.96. The van der Waals surface area contributed by atoms with Crippen LogP contribution in [0.5, 0.6) is 0 Å². The van der Waals surface area contributed by atoms with Crippen LogP contribution in [0.1, 0.15) is 18.9 Å². The molecule has 0 bridgehead atoms. The lowest BCUT2D eigenvalue weighted by Gasteiger charge is -2.28. The second-order valence-corrected chi connectivity index (χ2v) is 6.79. The third-order valence-corrected chi connectivity index (χ3v) is 4.38. The number of nitrogens with one attached hydrogen (secondary N) is 1. The molecule has 146 valence electrons. The number of hydrogen-bond donors (Lipinski definition) is 2. The summed E-state index contributed by atoms with van der Waals surface area (Å²) < 4.78 is 5.83. The van der Waals surface area contributed by atoms with E-state index < -0.39 is 5.92 Å². The highest BCUT2D eigenvalue weighted by Gasteiger charge is 2.29. The number of anilines is 1. The van der Waals surface area contributed by atoms with Crippen molar-refractivity contribution >= 4 is 29.0 Å². The molecule has 3 rings (SSSR count). The first-order chi connectivity index (χ1) is 13.6. The van der Waals surface area contributed by atoms with Gasteiger partial charge in [0.1, 0.15) is 11.8 Å². The summed E-state index contributed by atoms with van der Waals surface area (Å²) in [5.41, 5.74) is 7.84. The lowest BCUT2D eigenvalue weighted by molar-refractivity contribution is -0.122. The number of amides is 1. The number of ether oxygens (including phenoxy) is 1. The van der Waals surface area contributed by atoms with Gasteiger partial charge in [-0.2, -0.15) is 10.1 Å². The zero-order valence-electron chi connectivity index (χ0n) is 15.6. The Kier molecular flexibility index (Phi) is 6.55. The number of hydrogen-bond acceptors (Lipinski definition) is 5. The van der Waals surface area contributed by atoms with E-state index in [0.717, 1.165) is 17.7 Å². The maximum Gasteiger partial charge on any atom is 0.235 e. The van der Waals surface area contributed by atoms with E-state index in [2.05, 4.69) is 10.4 Å². The fraction of sp³-hybridized carbons (Fsp3) is 0.238. The van der Waals surface area contributed by atoms with Crippen LogP contribution in [-0.2, 0) is 16.1 Å². The number of benzene rings is 2. The van der Waals surface area contributed by atoms with Crippen molar-refractivity contribution in [3.63, 3.8) is 0 Å². The SMILES string of the molecule is CCCOC1=CC(C(=O)NCc2cccc(Cl)c2)C(N)=NN1c1ccccc1. The van der Waals surface area contributed by atoms with Crippen LogP contribution < -0.4 is 16.1 Å². The summed E-state index contributed by atoms with van der Waals surface area (Å²) in [5, 5.41) is 9.53. The zero-order chi connectivity index (χ0) is 19.9. The fourth-order valence-electron chi connectivity index (χ4n) is 2.75. The average Bonchev–Trinajstić information content (AvgIpc) is 2.71. The Morgan fingerprint density at radius 1 is 1.25 bits per heavy atom. The van der Waals surface area contributed by atoms with Gasteiger partial charge in [0.25, 0.3) is 0 Å². The van der Waals surface area contributed by atoms with Gasteiger partial charge in [-0.1, -0.05) is 48.9 Å². The van der Waals surface area contributed by atoms with Gasteiger partial charge in [-0.25, -0.2) is 0 Å². The molecular weight excluding hydrogens is 376 g/mol. The molecule has 6 nitrogen and oxygen atoms in total. The standard InChI is InChI=1S/C21H23ClN4O2/c1-2-11-28-19-13-18(20(23)25-26(19)17-9-4-3-5-10-17)21(27)24-14-15-7-6-8-16(22)12-15/h3-10,12-13,18H,2,11,14H2,1H3,(H2,23,25)(H,24,27). The van der Waals surface area contributed by atoms with Gasteiger partial charge in [0.05, 0.1) is 12.3 Å². The Hall–Kier alpha value is -2.99. The third kappa shape index (κ3) is 4.84. The normalized spacial score (nSPS) is 16.2. The Morgan fingerprint density at radius 3 is 2.75 bits per heavy atom. The molecule has 0 spiro atoms. The summed E-state index contributed by atoms with van der Waals surface area (Å²) >= 11 is 5.99. The molecule has 2 aromatic rings. The predicted molar refractivity (Wildman–Crippen MR) is 112 cm³/mol. The summed E-state index contributed by atoms with van der Waals surface area (Å²) in [4.78, 5) is 12.7. The van der Waals surface area contributed by atoms with Crippen molar-refractivity contribution in [3.8, 4) is 0 Å². The summed E-state index contributed by atoms with van der Waals surface area (Å²) in [6.07, 6.45) is 2.54. The quantitative estimate of drug-likeness (QED) is 0.746. The third-order valence-electron chi connectivity index (χ3n) is 4.15. The highest BCUT2D eigenvalue weighted by Crippen LogP contribution is 2.25. The van der Waals surface area contributed by atoms with E-state index in [1.165, 1.54) is 0 Å². The Bertz CT molecular complexity index is 883. The second-order valence-electron chi connectivity index (χ2n) is 6.35. The molecule has 1 aliphatic heterocycles. The van der Waals surface area contributed by atoms with E-state index in [1.807, 2.05) is 55.5 Å². The van der Waals surface area contributed by atoms with Crippen LogP contribution in [-0.4, -0.2) is 18.3 Å². The van der Waals surface area contributed by atoms with Crippen molar-refractivity contribution in [2.24, 2.45) is 16.8 Å². The number of carbonyl (C=O) groups excluding carboxylic acids is 1. The average molecular weight is 399 g/mol. The van der Waals surface area contributed by atoms with E-state index in [9.17, 15) is 4.79 Å². The summed E-state index contributed by atoms with van der Waals surface area (Å²) in [7, 11) is 0. The maximum absolute atomic E-state index is 12.7. The van der Waals surface area contributed by atoms with Gasteiger partial charge in [-0.05, 0) is 42.3 Å².